The van der Waals surface area contributed by atoms with E-state index in [1.54, 1.807) is 0 Å². The molecule has 0 aliphatic rings. The molecule has 0 saturated heterocycles. The molecule has 0 amide bonds. The molecule has 0 radical (unpaired) electrons. The predicted octanol–water partition coefficient (Wildman–Crippen LogP) is 1.68. The van der Waals surface area contributed by atoms with Crippen molar-refractivity contribution in [3.05, 3.63) is 35.4 Å². The summed E-state index contributed by atoms with van der Waals surface area (Å²) in [6, 6.07) is 3.90. The highest BCUT2D eigenvalue weighted by atomic mass is 19.1. The van der Waals surface area contributed by atoms with Gasteiger partial charge in [-0.25, -0.2) is 8.78 Å². The minimum atomic E-state index is -0.500. The molecule has 0 fully saturated rings. The van der Waals surface area contributed by atoms with Crippen LogP contribution in [-0.2, 0) is 6.42 Å². The first kappa shape index (κ1) is 13.1. The van der Waals surface area contributed by atoms with Crippen LogP contribution in [0.5, 0.6) is 0 Å². The third-order valence-electron chi connectivity index (χ3n) is 3.00. The lowest BCUT2D eigenvalue weighted by molar-refractivity contribution is 0.362. The van der Waals surface area contributed by atoms with Crippen molar-refractivity contribution in [3.8, 4) is 0 Å². The van der Waals surface area contributed by atoms with Crippen LogP contribution in [0.2, 0.25) is 0 Å². The SMILES string of the molecule is CC(Cc1c(F)cccc1F)C(CN)CN. The van der Waals surface area contributed by atoms with Crippen molar-refractivity contribution in [2.24, 2.45) is 23.3 Å². The van der Waals surface area contributed by atoms with Crippen molar-refractivity contribution >= 4 is 0 Å². The van der Waals surface area contributed by atoms with Crippen LogP contribution in [0.3, 0.4) is 0 Å². The first-order valence-corrected chi connectivity index (χ1v) is 5.43. The van der Waals surface area contributed by atoms with E-state index in [1.165, 1.54) is 18.2 Å². The van der Waals surface area contributed by atoms with Crippen LogP contribution >= 0.6 is 0 Å². The van der Waals surface area contributed by atoms with E-state index in [9.17, 15) is 8.78 Å². The van der Waals surface area contributed by atoms with Crippen molar-refractivity contribution in [1.29, 1.82) is 0 Å². The van der Waals surface area contributed by atoms with Gasteiger partial charge in [0, 0.05) is 5.56 Å². The van der Waals surface area contributed by atoms with Gasteiger partial charge in [0.1, 0.15) is 11.6 Å². The van der Waals surface area contributed by atoms with Crippen LogP contribution in [-0.4, -0.2) is 13.1 Å². The lowest BCUT2D eigenvalue weighted by Crippen LogP contribution is -2.30. The molecule has 1 atom stereocenters. The van der Waals surface area contributed by atoms with Gasteiger partial charge in [-0.1, -0.05) is 13.0 Å². The van der Waals surface area contributed by atoms with E-state index >= 15 is 0 Å². The Morgan fingerprint density at radius 1 is 1.12 bits per heavy atom. The maximum atomic E-state index is 13.4. The Labute approximate surface area is 94.6 Å². The van der Waals surface area contributed by atoms with Crippen LogP contribution in [0.25, 0.3) is 0 Å². The van der Waals surface area contributed by atoms with Crippen molar-refractivity contribution in [3.63, 3.8) is 0 Å². The lowest BCUT2D eigenvalue weighted by Gasteiger charge is -2.21. The molecule has 4 N–H and O–H groups in total. The zero-order chi connectivity index (χ0) is 12.1. The Bertz CT molecular complexity index is 318. The summed E-state index contributed by atoms with van der Waals surface area (Å²) in [6.45, 7) is 2.79. The molecule has 4 heteroatoms. The number of nitrogens with two attached hydrogens (primary N) is 2. The summed E-state index contributed by atoms with van der Waals surface area (Å²) in [5, 5.41) is 0. The maximum Gasteiger partial charge on any atom is 0.129 e. The molecule has 0 heterocycles. The molecule has 0 spiro atoms. The summed E-state index contributed by atoms with van der Waals surface area (Å²) in [5.41, 5.74) is 11.2. The van der Waals surface area contributed by atoms with Gasteiger partial charge in [0.05, 0.1) is 0 Å². The van der Waals surface area contributed by atoms with E-state index in [0.29, 0.717) is 19.5 Å². The summed E-state index contributed by atoms with van der Waals surface area (Å²) in [4.78, 5) is 0. The number of halogens is 2. The highest BCUT2D eigenvalue weighted by Crippen LogP contribution is 2.20. The zero-order valence-corrected chi connectivity index (χ0v) is 9.42. The first-order valence-electron chi connectivity index (χ1n) is 5.43. The Hall–Kier alpha value is -1.00. The van der Waals surface area contributed by atoms with E-state index in [-0.39, 0.29) is 17.4 Å². The van der Waals surface area contributed by atoms with E-state index in [1.807, 2.05) is 6.92 Å². The van der Waals surface area contributed by atoms with Crippen molar-refractivity contribution in [1.82, 2.24) is 0 Å². The Kier molecular flexibility index (Phi) is 4.83. The monoisotopic (exact) mass is 228 g/mol. The van der Waals surface area contributed by atoms with Gasteiger partial charge in [-0.3, -0.25) is 0 Å². The molecule has 2 nitrogen and oxygen atoms in total. The number of benzene rings is 1. The molecule has 90 valence electrons. The van der Waals surface area contributed by atoms with Crippen molar-refractivity contribution < 1.29 is 8.78 Å². The van der Waals surface area contributed by atoms with Crippen LogP contribution in [0.15, 0.2) is 18.2 Å². The van der Waals surface area contributed by atoms with Crippen molar-refractivity contribution in [2.75, 3.05) is 13.1 Å². The van der Waals surface area contributed by atoms with Gasteiger partial charge in [-0.05, 0) is 43.5 Å². The van der Waals surface area contributed by atoms with Gasteiger partial charge in [-0.2, -0.15) is 0 Å². The molecule has 16 heavy (non-hydrogen) atoms. The van der Waals surface area contributed by atoms with Crippen molar-refractivity contribution in [2.45, 2.75) is 13.3 Å². The molecule has 0 aliphatic carbocycles. The van der Waals surface area contributed by atoms with Crippen LogP contribution < -0.4 is 11.5 Å². The molecule has 1 aromatic carbocycles. The number of rotatable bonds is 5. The summed E-state index contributed by atoms with van der Waals surface area (Å²) in [5.74, 6) is -0.834. The van der Waals surface area contributed by atoms with Crippen LogP contribution in [0.1, 0.15) is 12.5 Å². The fourth-order valence-electron chi connectivity index (χ4n) is 1.78. The maximum absolute atomic E-state index is 13.4. The molecule has 1 rings (SSSR count). The Balaban J connectivity index is 2.80. The van der Waals surface area contributed by atoms with Crippen LogP contribution in [0.4, 0.5) is 8.78 Å². The van der Waals surface area contributed by atoms with Gasteiger partial charge < -0.3 is 11.5 Å². The zero-order valence-electron chi connectivity index (χ0n) is 9.42. The highest BCUT2D eigenvalue weighted by Gasteiger charge is 2.18. The predicted molar refractivity (Wildman–Crippen MR) is 60.8 cm³/mol. The highest BCUT2D eigenvalue weighted by molar-refractivity contribution is 5.20. The minimum absolute atomic E-state index is 0.0707. The summed E-state index contributed by atoms with van der Waals surface area (Å²) < 4.78 is 26.8. The van der Waals surface area contributed by atoms with E-state index < -0.39 is 11.6 Å². The molecule has 1 aromatic rings. The summed E-state index contributed by atoms with van der Waals surface area (Å²) >= 11 is 0. The molecule has 0 bridgehead atoms. The minimum Gasteiger partial charge on any atom is -0.330 e. The molecule has 1 unspecified atom stereocenters. The van der Waals surface area contributed by atoms with Gasteiger partial charge in [0.2, 0.25) is 0 Å². The average Bonchev–Trinajstić information content (AvgIpc) is 2.25. The molecule has 0 saturated carbocycles. The normalized spacial score (nSPS) is 13.1. The molecule has 0 aromatic heterocycles. The van der Waals surface area contributed by atoms with Crippen LogP contribution in [0, 0.1) is 23.5 Å². The summed E-state index contributed by atoms with van der Waals surface area (Å²) in [6.07, 6.45) is 0.331. The Morgan fingerprint density at radius 3 is 2.06 bits per heavy atom. The topological polar surface area (TPSA) is 52.0 Å². The van der Waals surface area contributed by atoms with E-state index in [0.717, 1.165) is 0 Å². The van der Waals surface area contributed by atoms with Gasteiger partial charge in [0.15, 0.2) is 0 Å². The molecular weight excluding hydrogens is 210 g/mol. The fraction of sp³-hybridized carbons (Fsp3) is 0.500. The van der Waals surface area contributed by atoms with Gasteiger partial charge >= 0.3 is 0 Å². The lowest BCUT2D eigenvalue weighted by atomic mass is 9.88. The molecule has 0 aliphatic heterocycles. The van der Waals surface area contributed by atoms with Gasteiger partial charge in [-0.15, -0.1) is 0 Å². The smallest absolute Gasteiger partial charge is 0.129 e. The third-order valence-corrected chi connectivity index (χ3v) is 3.00. The third kappa shape index (κ3) is 3.00. The average molecular weight is 228 g/mol. The second-order valence-electron chi connectivity index (χ2n) is 4.11. The fourth-order valence-corrected chi connectivity index (χ4v) is 1.78. The number of hydrogen-bond donors (Lipinski definition) is 2. The number of hydrogen-bond acceptors (Lipinski definition) is 2. The standard InChI is InChI=1S/C12H18F2N2/c1-8(9(6-15)7-16)5-10-11(13)3-2-4-12(10)14/h2-4,8-9H,5-7,15-16H2,1H3. The second kappa shape index (κ2) is 5.92. The van der Waals surface area contributed by atoms with E-state index in [2.05, 4.69) is 0 Å². The second-order valence-corrected chi connectivity index (χ2v) is 4.11. The molecular formula is C12H18F2N2. The van der Waals surface area contributed by atoms with E-state index in [4.69, 9.17) is 11.5 Å². The summed E-state index contributed by atoms with van der Waals surface area (Å²) in [7, 11) is 0. The Morgan fingerprint density at radius 2 is 1.62 bits per heavy atom. The van der Waals surface area contributed by atoms with Gasteiger partial charge in [0.25, 0.3) is 0 Å². The first-order chi connectivity index (χ1) is 7.60. The largest absolute Gasteiger partial charge is 0.330 e. The quantitative estimate of drug-likeness (QED) is 0.805.